The van der Waals surface area contributed by atoms with Crippen molar-refractivity contribution in [2.75, 3.05) is 18.2 Å². The molecule has 20 heavy (non-hydrogen) atoms. The van der Waals surface area contributed by atoms with E-state index < -0.39 is 0 Å². The van der Waals surface area contributed by atoms with Crippen molar-refractivity contribution in [2.24, 2.45) is 0 Å². The number of anilines is 2. The highest BCUT2D eigenvalue weighted by Gasteiger charge is 2.14. The molecule has 0 unspecified atom stereocenters. The Morgan fingerprint density at radius 1 is 1.30 bits per heavy atom. The molecule has 104 valence electrons. The summed E-state index contributed by atoms with van der Waals surface area (Å²) in [7, 11) is 1.49. The second kappa shape index (κ2) is 6.15. The first-order chi connectivity index (χ1) is 9.51. The smallest absolute Gasteiger partial charge is 0.255 e. The standard InChI is InChI=1S/C14H12BrClN2O2/c1-20-12-7-10(17)6-11(16)13(12)18-14(19)8-2-4-9(15)5-3-8/h2-7H,17H2,1H3,(H,18,19). The predicted molar refractivity (Wildman–Crippen MR) is 84.5 cm³/mol. The van der Waals surface area contributed by atoms with Gasteiger partial charge < -0.3 is 15.8 Å². The maximum Gasteiger partial charge on any atom is 0.255 e. The van der Waals surface area contributed by atoms with Crippen LogP contribution in [0, 0.1) is 0 Å². The first-order valence-corrected chi connectivity index (χ1v) is 6.88. The van der Waals surface area contributed by atoms with E-state index in [9.17, 15) is 4.79 Å². The summed E-state index contributed by atoms with van der Waals surface area (Å²) < 4.78 is 6.08. The fourth-order valence-electron chi connectivity index (χ4n) is 1.67. The number of halogens is 2. The molecule has 3 N–H and O–H groups in total. The summed E-state index contributed by atoms with van der Waals surface area (Å²) in [6.45, 7) is 0. The molecule has 6 heteroatoms. The summed E-state index contributed by atoms with van der Waals surface area (Å²) in [5, 5.41) is 3.05. The topological polar surface area (TPSA) is 64.3 Å². The lowest BCUT2D eigenvalue weighted by molar-refractivity contribution is 0.102. The molecule has 0 saturated carbocycles. The van der Waals surface area contributed by atoms with Crippen LogP contribution in [0.2, 0.25) is 5.02 Å². The molecule has 0 spiro atoms. The second-order valence-electron chi connectivity index (χ2n) is 4.04. The van der Waals surface area contributed by atoms with E-state index >= 15 is 0 Å². The van der Waals surface area contributed by atoms with E-state index in [4.69, 9.17) is 22.1 Å². The minimum Gasteiger partial charge on any atom is -0.494 e. The van der Waals surface area contributed by atoms with Crippen molar-refractivity contribution in [3.63, 3.8) is 0 Å². The number of rotatable bonds is 3. The van der Waals surface area contributed by atoms with E-state index in [1.807, 2.05) is 0 Å². The zero-order chi connectivity index (χ0) is 14.7. The monoisotopic (exact) mass is 354 g/mol. The molecule has 0 saturated heterocycles. The van der Waals surface area contributed by atoms with Gasteiger partial charge in [0.15, 0.2) is 0 Å². The molecule has 2 aromatic rings. The number of nitrogens with one attached hydrogen (secondary N) is 1. The summed E-state index contributed by atoms with van der Waals surface area (Å²) in [6, 6.07) is 10.1. The first-order valence-electron chi connectivity index (χ1n) is 5.71. The number of benzene rings is 2. The molecule has 1 amide bonds. The van der Waals surface area contributed by atoms with Gasteiger partial charge in [-0.15, -0.1) is 0 Å². The van der Waals surface area contributed by atoms with Gasteiger partial charge in [0.2, 0.25) is 0 Å². The average molecular weight is 356 g/mol. The molecule has 2 aromatic carbocycles. The maximum absolute atomic E-state index is 12.2. The quantitative estimate of drug-likeness (QED) is 0.820. The minimum atomic E-state index is -0.275. The van der Waals surface area contributed by atoms with Gasteiger partial charge in [-0.25, -0.2) is 0 Å². The van der Waals surface area contributed by atoms with Crippen molar-refractivity contribution in [3.8, 4) is 5.75 Å². The summed E-state index contributed by atoms with van der Waals surface area (Å²) in [5.74, 6) is 0.142. The highest BCUT2D eigenvalue weighted by Crippen LogP contribution is 2.35. The van der Waals surface area contributed by atoms with Gasteiger partial charge in [-0.2, -0.15) is 0 Å². The SMILES string of the molecule is COc1cc(N)cc(Cl)c1NC(=O)c1ccc(Br)cc1. The second-order valence-corrected chi connectivity index (χ2v) is 5.36. The Balaban J connectivity index is 2.30. The molecule has 0 bridgehead atoms. The summed E-state index contributed by atoms with van der Waals surface area (Å²) in [5.41, 5.74) is 7.06. The normalized spacial score (nSPS) is 10.2. The number of amides is 1. The maximum atomic E-state index is 12.2. The molecule has 0 atom stereocenters. The van der Waals surface area contributed by atoms with E-state index in [1.54, 1.807) is 36.4 Å². The van der Waals surface area contributed by atoms with Gasteiger partial charge in [0.05, 0.1) is 12.1 Å². The molecule has 0 heterocycles. The third kappa shape index (κ3) is 3.23. The third-order valence-corrected chi connectivity index (χ3v) is 3.47. The van der Waals surface area contributed by atoms with Crippen LogP contribution in [0.5, 0.6) is 5.75 Å². The highest BCUT2D eigenvalue weighted by atomic mass is 79.9. The van der Waals surface area contributed by atoms with Crippen molar-refractivity contribution in [2.45, 2.75) is 0 Å². The number of nitrogen functional groups attached to an aromatic ring is 1. The van der Waals surface area contributed by atoms with Gasteiger partial charge in [-0.3, -0.25) is 4.79 Å². The summed E-state index contributed by atoms with van der Waals surface area (Å²) >= 11 is 9.41. The van der Waals surface area contributed by atoms with Gasteiger partial charge in [0, 0.05) is 21.8 Å². The third-order valence-electron chi connectivity index (χ3n) is 2.64. The Kier molecular flexibility index (Phi) is 4.52. The molecule has 0 aliphatic carbocycles. The van der Waals surface area contributed by atoms with Crippen LogP contribution in [0.3, 0.4) is 0 Å². The van der Waals surface area contributed by atoms with Gasteiger partial charge in [-0.05, 0) is 30.3 Å². The Labute approximate surface area is 130 Å². The van der Waals surface area contributed by atoms with Crippen LogP contribution in [0.4, 0.5) is 11.4 Å². The lowest BCUT2D eigenvalue weighted by Crippen LogP contribution is -2.13. The number of ether oxygens (including phenoxy) is 1. The average Bonchev–Trinajstić information content (AvgIpc) is 2.42. The Bertz CT molecular complexity index is 644. The van der Waals surface area contributed by atoms with E-state index in [0.29, 0.717) is 27.7 Å². The van der Waals surface area contributed by atoms with E-state index in [-0.39, 0.29) is 5.91 Å². The van der Waals surface area contributed by atoms with Crippen LogP contribution >= 0.6 is 27.5 Å². The number of carbonyl (C=O) groups is 1. The van der Waals surface area contributed by atoms with Crippen molar-refractivity contribution in [1.29, 1.82) is 0 Å². The van der Waals surface area contributed by atoms with Crippen LogP contribution in [-0.4, -0.2) is 13.0 Å². The van der Waals surface area contributed by atoms with Crippen molar-refractivity contribution >= 4 is 44.8 Å². The van der Waals surface area contributed by atoms with Crippen molar-refractivity contribution < 1.29 is 9.53 Å². The number of carbonyl (C=O) groups excluding carboxylic acids is 1. The molecule has 2 rings (SSSR count). The molecular weight excluding hydrogens is 344 g/mol. The van der Waals surface area contributed by atoms with Crippen molar-refractivity contribution in [1.82, 2.24) is 0 Å². The molecule has 0 radical (unpaired) electrons. The molecule has 0 aromatic heterocycles. The Morgan fingerprint density at radius 3 is 2.55 bits per heavy atom. The fourth-order valence-corrected chi connectivity index (χ4v) is 2.20. The highest BCUT2D eigenvalue weighted by molar-refractivity contribution is 9.10. The largest absolute Gasteiger partial charge is 0.494 e. The molecule has 0 aliphatic rings. The van der Waals surface area contributed by atoms with Gasteiger partial charge >= 0.3 is 0 Å². The lowest BCUT2D eigenvalue weighted by Gasteiger charge is -2.13. The number of hydrogen-bond acceptors (Lipinski definition) is 3. The zero-order valence-corrected chi connectivity index (χ0v) is 13.0. The van der Waals surface area contributed by atoms with Crippen LogP contribution in [0.1, 0.15) is 10.4 Å². The van der Waals surface area contributed by atoms with E-state index in [1.165, 1.54) is 7.11 Å². The number of hydrogen-bond donors (Lipinski definition) is 2. The Morgan fingerprint density at radius 2 is 1.95 bits per heavy atom. The van der Waals surface area contributed by atoms with Gasteiger partial charge in [-0.1, -0.05) is 27.5 Å². The van der Waals surface area contributed by atoms with Gasteiger partial charge in [0.25, 0.3) is 5.91 Å². The van der Waals surface area contributed by atoms with Crippen LogP contribution in [-0.2, 0) is 0 Å². The summed E-state index contributed by atoms with van der Waals surface area (Å²) in [4.78, 5) is 12.2. The van der Waals surface area contributed by atoms with Crippen molar-refractivity contribution in [3.05, 3.63) is 51.5 Å². The molecule has 4 nitrogen and oxygen atoms in total. The predicted octanol–water partition coefficient (Wildman–Crippen LogP) is 3.95. The first kappa shape index (κ1) is 14.7. The summed E-state index contributed by atoms with van der Waals surface area (Å²) in [6.07, 6.45) is 0. The van der Waals surface area contributed by atoms with E-state index in [2.05, 4.69) is 21.2 Å². The zero-order valence-electron chi connectivity index (χ0n) is 10.6. The van der Waals surface area contributed by atoms with Crippen LogP contribution in [0.25, 0.3) is 0 Å². The van der Waals surface area contributed by atoms with Crippen LogP contribution in [0.15, 0.2) is 40.9 Å². The number of methoxy groups -OCH3 is 1. The van der Waals surface area contributed by atoms with Gasteiger partial charge in [0.1, 0.15) is 11.4 Å². The molecular formula is C14H12BrClN2O2. The number of nitrogens with two attached hydrogens (primary N) is 1. The molecule has 0 aliphatic heterocycles. The lowest BCUT2D eigenvalue weighted by atomic mass is 10.2. The minimum absolute atomic E-state index is 0.275. The Hall–Kier alpha value is -1.72. The fraction of sp³-hybridized carbons (Fsp3) is 0.0714. The van der Waals surface area contributed by atoms with E-state index in [0.717, 1.165) is 4.47 Å². The molecule has 0 fully saturated rings. The van der Waals surface area contributed by atoms with Crippen LogP contribution < -0.4 is 15.8 Å².